The van der Waals surface area contributed by atoms with Crippen LogP contribution in [0.5, 0.6) is 17.2 Å². The second-order valence-electron chi connectivity index (χ2n) is 11.6. The highest BCUT2D eigenvalue weighted by Gasteiger charge is 2.32. The molecular weight excluding hydrogens is 551 g/mol. The molecule has 0 aliphatic carbocycles. The van der Waals surface area contributed by atoms with Gasteiger partial charge in [0.25, 0.3) is 5.91 Å². The summed E-state index contributed by atoms with van der Waals surface area (Å²) < 4.78 is 32.8. The van der Waals surface area contributed by atoms with Crippen molar-refractivity contribution in [3.05, 3.63) is 65.6 Å². The molecule has 2 saturated heterocycles. The van der Waals surface area contributed by atoms with Crippen LogP contribution in [0.1, 0.15) is 61.1 Å². The average Bonchev–Trinajstić information content (AvgIpc) is 3.03. The van der Waals surface area contributed by atoms with Gasteiger partial charge in [-0.25, -0.2) is 14.4 Å². The highest BCUT2D eigenvalue weighted by atomic mass is 19.1. The van der Waals surface area contributed by atoms with E-state index in [9.17, 15) is 9.18 Å². The Kier molecular flexibility index (Phi) is 8.99. The number of hydrogen-bond donors (Lipinski definition) is 1. The van der Waals surface area contributed by atoms with Crippen LogP contribution in [0.3, 0.4) is 0 Å². The van der Waals surface area contributed by atoms with Crippen molar-refractivity contribution in [3.63, 3.8) is 0 Å². The van der Waals surface area contributed by atoms with E-state index in [0.29, 0.717) is 37.9 Å². The average molecular weight is 591 g/mol. The van der Waals surface area contributed by atoms with Crippen molar-refractivity contribution in [2.75, 3.05) is 37.7 Å². The summed E-state index contributed by atoms with van der Waals surface area (Å²) in [5.41, 5.74) is 2.44. The molecule has 10 nitrogen and oxygen atoms in total. The molecule has 228 valence electrons. The minimum absolute atomic E-state index is 0.0189. The van der Waals surface area contributed by atoms with Crippen LogP contribution in [0.2, 0.25) is 0 Å². The van der Waals surface area contributed by atoms with Gasteiger partial charge in [0, 0.05) is 88.2 Å². The van der Waals surface area contributed by atoms with Crippen LogP contribution in [0.25, 0.3) is 0 Å². The number of rotatable bonds is 8. The molecule has 6 rings (SSSR count). The van der Waals surface area contributed by atoms with Crippen molar-refractivity contribution >= 4 is 11.7 Å². The first kappa shape index (κ1) is 29.3. The van der Waals surface area contributed by atoms with E-state index < -0.39 is 5.82 Å². The molecule has 3 aromatic rings. The quantitative estimate of drug-likeness (QED) is 0.406. The molecule has 0 saturated carbocycles. The van der Waals surface area contributed by atoms with Gasteiger partial charge in [0.1, 0.15) is 29.7 Å². The number of nitrogens with zero attached hydrogens (tertiary/aromatic N) is 5. The number of halogens is 1. The Morgan fingerprint density at radius 1 is 1.09 bits per heavy atom. The van der Waals surface area contributed by atoms with Crippen LogP contribution in [-0.4, -0.2) is 76.8 Å². The van der Waals surface area contributed by atoms with Gasteiger partial charge in [-0.2, -0.15) is 0 Å². The Balaban J connectivity index is 1.17. The predicted octanol–water partition coefficient (Wildman–Crippen LogP) is 4.53. The molecule has 1 N–H and O–H groups in total. The van der Waals surface area contributed by atoms with Gasteiger partial charge in [-0.15, -0.1) is 0 Å². The maximum absolute atomic E-state index is 14.5. The first-order valence-electron chi connectivity index (χ1n) is 15.2. The predicted molar refractivity (Wildman–Crippen MR) is 159 cm³/mol. The summed E-state index contributed by atoms with van der Waals surface area (Å²) in [6, 6.07) is 5.97. The van der Waals surface area contributed by atoms with E-state index in [0.717, 1.165) is 62.2 Å². The number of carbonyl (C=O) groups is 1. The van der Waals surface area contributed by atoms with Crippen LogP contribution in [-0.2, 0) is 17.7 Å². The molecule has 0 bridgehead atoms. The molecule has 5 heterocycles. The van der Waals surface area contributed by atoms with Crippen molar-refractivity contribution < 1.29 is 23.4 Å². The summed E-state index contributed by atoms with van der Waals surface area (Å²) in [6.45, 7) is 8.28. The van der Waals surface area contributed by atoms with Gasteiger partial charge < -0.3 is 29.3 Å². The Morgan fingerprint density at radius 2 is 1.91 bits per heavy atom. The third-order valence-corrected chi connectivity index (χ3v) is 8.40. The van der Waals surface area contributed by atoms with E-state index >= 15 is 0 Å². The van der Waals surface area contributed by atoms with E-state index in [2.05, 4.69) is 25.2 Å². The number of amides is 1. The SMILES string of the molecule is CC(C)N(C(=O)c1cc(F)ccc1Oc1cncnc1N1CCC(Oc2ccnc3c2CNCC3)CC1)C1CCOCC1. The van der Waals surface area contributed by atoms with Gasteiger partial charge in [0.2, 0.25) is 0 Å². The van der Waals surface area contributed by atoms with Gasteiger partial charge in [0.15, 0.2) is 11.6 Å². The number of fused-ring (bicyclic) bond motifs is 1. The third kappa shape index (κ3) is 6.57. The molecule has 43 heavy (non-hydrogen) atoms. The number of carbonyl (C=O) groups excluding carboxylic acids is 1. The zero-order chi connectivity index (χ0) is 29.8. The summed E-state index contributed by atoms with van der Waals surface area (Å²) in [6.07, 6.45) is 9.00. The second kappa shape index (κ2) is 13.2. The normalized spacial score (nSPS) is 17.9. The summed E-state index contributed by atoms with van der Waals surface area (Å²) in [5.74, 6) is 1.47. The van der Waals surface area contributed by atoms with Crippen LogP contribution >= 0.6 is 0 Å². The van der Waals surface area contributed by atoms with Gasteiger partial charge in [-0.1, -0.05) is 0 Å². The first-order valence-corrected chi connectivity index (χ1v) is 15.2. The Labute approximate surface area is 251 Å². The van der Waals surface area contributed by atoms with Crippen molar-refractivity contribution in [1.82, 2.24) is 25.2 Å². The van der Waals surface area contributed by atoms with E-state index in [1.807, 2.05) is 31.0 Å². The van der Waals surface area contributed by atoms with Crippen LogP contribution in [0.4, 0.5) is 10.2 Å². The Bertz CT molecular complexity index is 1420. The van der Waals surface area contributed by atoms with E-state index in [-0.39, 0.29) is 35.4 Å². The number of nitrogens with one attached hydrogen (secondary N) is 1. The fraction of sp³-hybridized carbons (Fsp3) is 0.500. The van der Waals surface area contributed by atoms with Crippen LogP contribution in [0.15, 0.2) is 43.0 Å². The minimum Gasteiger partial charge on any atom is -0.490 e. The summed E-state index contributed by atoms with van der Waals surface area (Å²) >= 11 is 0. The highest BCUT2D eigenvalue weighted by molar-refractivity contribution is 5.97. The van der Waals surface area contributed by atoms with Crippen molar-refractivity contribution in [3.8, 4) is 17.2 Å². The Morgan fingerprint density at radius 3 is 2.70 bits per heavy atom. The molecule has 0 spiro atoms. The maximum atomic E-state index is 14.5. The topological polar surface area (TPSA) is 102 Å². The van der Waals surface area contributed by atoms with E-state index in [1.54, 1.807) is 6.20 Å². The number of piperidine rings is 1. The van der Waals surface area contributed by atoms with Gasteiger partial charge in [0.05, 0.1) is 11.8 Å². The van der Waals surface area contributed by atoms with E-state index in [4.69, 9.17) is 14.2 Å². The van der Waals surface area contributed by atoms with Crippen LogP contribution < -0.4 is 19.7 Å². The standard InChI is InChI=1S/C32H39FN6O4/c1-21(2)39(23-9-15-41-16-10-23)32(40)25-17-22(33)3-4-28(25)43-30-19-35-20-37-31(30)38-13-7-24(8-14-38)42-29-6-12-36-27-5-11-34-18-26(27)29/h3-4,6,12,17,19-21,23-24,34H,5,7-11,13-16,18H2,1-2H3. The smallest absolute Gasteiger partial charge is 0.258 e. The lowest BCUT2D eigenvalue weighted by atomic mass is 10.0. The maximum Gasteiger partial charge on any atom is 0.258 e. The Hall–Kier alpha value is -3.83. The fourth-order valence-corrected chi connectivity index (χ4v) is 6.24. The zero-order valence-electron chi connectivity index (χ0n) is 24.8. The van der Waals surface area contributed by atoms with Crippen molar-refractivity contribution in [2.45, 2.75) is 70.7 Å². The lowest BCUT2D eigenvalue weighted by Crippen LogP contribution is -2.47. The second-order valence-corrected chi connectivity index (χ2v) is 11.6. The first-order chi connectivity index (χ1) is 21.0. The molecule has 11 heteroatoms. The lowest BCUT2D eigenvalue weighted by Gasteiger charge is -2.37. The summed E-state index contributed by atoms with van der Waals surface area (Å²) in [5, 5.41) is 3.41. The molecule has 0 radical (unpaired) electrons. The number of pyridine rings is 1. The number of aromatic nitrogens is 3. The lowest BCUT2D eigenvalue weighted by molar-refractivity contribution is 0.0204. The largest absolute Gasteiger partial charge is 0.490 e. The summed E-state index contributed by atoms with van der Waals surface area (Å²) in [7, 11) is 0. The molecule has 2 fully saturated rings. The van der Waals surface area contributed by atoms with Gasteiger partial charge in [-0.05, 0) is 51.0 Å². The molecule has 0 atom stereocenters. The molecule has 2 aromatic heterocycles. The third-order valence-electron chi connectivity index (χ3n) is 8.40. The molecule has 1 amide bonds. The number of ether oxygens (including phenoxy) is 3. The fourth-order valence-electron chi connectivity index (χ4n) is 6.24. The zero-order valence-corrected chi connectivity index (χ0v) is 24.8. The summed E-state index contributed by atoms with van der Waals surface area (Å²) in [4.78, 5) is 31.1. The van der Waals surface area contributed by atoms with Crippen molar-refractivity contribution in [2.24, 2.45) is 0 Å². The number of anilines is 1. The molecule has 1 aromatic carbocycles. The van der Waals surface area contributed by atoms with Gasteiger partial charge >= 0.3 is 0 Å². The van der Waals surface area contributed by atoms with Gasteiger partial charge in [-0.3, -0.25) is 9.78 Å². The highest BCUT2D eigenvalue weighted by Crippen LogP contribution is 2.35. The minimum atomic E-state index is -0.496. The molecule has 0 unspecified atom stereocenters. The number of hydrogen-bond acceptors (Lipinski definition) is 9. The monoisotopic (exact) mass is 590 g/mol. The van der Waals surface area contributed by atoms with Crippen molar-refractivity contribution in [1.29, 1.82) is 0 Å². The van der Waals surface area contributed by atoms with Crippen LogP contribution in [0, 0.1) is 5.82 Å². The van der Waals surface area contributed by atoms with E-state index in [1.165, 1.54) is 24.5 Å². The molecule has 3 aliphatic rings. The molecular formula is C32H39FN6O4. The molecule has 3 aliphatic heterocycles. The number of benzene rings is 1.